The number of benzene rings is 1. The van der Waals surface area contributed by atoms with E-state index >= 15 is 0 Å². The summed E-state index contributed by atoms with van der Waals surface area (Å²) in [5.74, 6) is -0.701. The molecule has 0 radical (unpaired) electrons. The van der Waals surface area contributed by atoms with Gasteiger partial charge in [-0.15, -0.1) is 0 Å². The molecule has 0 heterocycles. The van der Waals surface area contributed by atoms with Gasteiger partial charge in [-0.05, 0) is 17.7 Å². The first-order valence-corrected chi connectivity index (χ1v) is 4.62. The van der Waals surface area contributed by atoms with E-state index in [1.165, 1.54) is 12.1 Å². The number of rotatable bonds is 3. The van der Waals surface area contributed by atoms with Crippen LogP contribution in [-0.4, -0.2) is 5.97 Å². The van der Waals surface area contributed by atoms with Crippen LogP contribution >= 0.6 is 0 Å². The molecule has 0 aliphatic heterocycles. The number of hydrogen-bond acceptors (Lipinski definition) is 3. The van der Waals surface area contributed by atoms with E-state index in [2.05, 4.69) is 4.74 Å². The number of alkyl halides is 3. The molecule has 0 spiro atoms. The zero-order chi connectivity index (χ0) is 12.9. The van der Waals surface area contributed by atoms with Gasteiger partial charge in [0.1, 0.15) is 13.0 Å². The standard InChI is InChI=1S/C11H8F3NO2/c12-11(13,14)9-3-1-8(2-4-9)7-17-10(16)5-6-15/h1-4H,5,7H2. The first kappa shape index (κ1) is 13.0. The molecule has 1 rings (SSSR count). The highest BCUT2D eigenvalue weighted by atomic mass is 19.4. The highest BCUT2D eigenvalue weighted by Crippen LogP contribution is 2.29. The molecule has 0 amide bonds. The van der Waals surface area contributed by atoms with E-state index in [1.807, 2.05) is 0 Å². The third-order valence-electron chi connectivity index (χ3n) is 1.90. The van der Waals surface area contributed by atoms with Gasteiger partial charge in [-0.3, -0.25) is 4.79 Å². The number of halogens is 3. The molecule has 0 saturated carbocycles. The molecule has 90 valence electrons. The summed E-state index contributed by atoms with van der Waals surface area (Å²) < 4.78 is 41.3. The SMILES string of the molecule is N#CCC(=O)OCc1ccc(C(F)(F)F)cc1. The fourth-order valence-electron chi connectivity index (χ4n) is 1.07. The predicted octanol–water partition coefficient (Wildman–Crippen LogP) is 2.66. The van der Waals surface area contributed by atoms with Crippen LogP contribution in [0, 0.1) is 11.3 Å². The van der Waals surface area contributed by atoms with Crippen molar-refractivity contribution in [3.05, 3.63) is 35.4 Å². The number of nitriles is 1. The Balaban J connectivity index is 2.58. The molecule has 0 aromatic heterocycles. The number of nitrogens with zero attached hydrogens (tertiary/aromatic N) is 1. The third-order valence-corrected chi connectivity index (χ3v) is 1.90. The lowest BCUT2D eigenvalue weighted by Crippen LogP contribution is -2.06. The topological polar surface area (TPSA) is 50.1 Å². The molecule has 6 heteroatoms. The second-order valence-corrected chi connectivity index (χ2v) is 3.19. The number of hydrogen-bond donors (Lipinski definition) is 0. The van der Waals surface area contributed by atoms with E-state index in [0.717, 1.165) is 12.1 Å². The maximum absolute atomic E-state index is 12.2. The van der Waals surface area contributed by atoms with Gasteiger partial charge in [0.05, 0.1) is 11.6 Å². The molecule has 17 heavy (non-hydrogen) atoms. The summed E-state index contributed by atoms with van der Waals surface area (Å²) in [6, 6.07) is 5.88. The van der Waals surface area contributed by atoms with Crippen molar-refractivity contribution < 1.29 is 22.7 Å². The van der Waals surface area contributed by atoms with Crippen molar-refractivity contribution >= 4 is 5.97 Å². The first-order chi connectivity index (χ1) is 7.93. The summed E-state index contributed by atoms with van der Waals surface area (Å²) in [6.07, 6.45) is -4.75. The minimum atomic E-state index is -4.38. The van der Waals surface area contributed by atoms with Crippen molar-refractivity contribution in [2.24, 2.45) is 0 Å². The lowest BCUT2D eigenvalue weighted by atomic mass is 10.1. The van der Waals surface area contributed by atoms with Crippen LogP contribution in [0.5, 0.6) is 0 Å². The first-order valence-electron chi connectivity index (χ1n) is 4.62. The Hall–Kier alpha value is -2.03. The summed E-state index contributed by atoms with van der Waals surface area (Å²) in [4.78, 5) is 10.8. The molecule has 0 bridgehead atoms. The Morgan fingerprint density at radius 1 is 1.29 bits per heavy atom. The largest absolute Gasteiger partial charge is 0.460 e. The molecule has 0 fully saturated rings. The molecule has 0 atom stereocenters. The van der Waals surface area contributed by atoms with Gasteiger partial charge < -0.3 is 4.74 Å². The third kappa shape index (κ3) is 4.15. The molecule has 0 N–H and O–H groups in total. The maximum Gasteiger partial charge on any atom is 0.416 e. The molecule has 0 saturated heterocycles. The smallest absolute Gasteiger partial charge is 0.416 e. The van der Waals surface area contributed by atoms with Gasteiger partial charge in [-0.1, -0.05) is 12.1 Å². The van der Waals surface area contributed by atoms with Crippen molar-refractivity contribution in [1.82, 2.24) is 0 Å². The highest BCUT2D eigenvalue weighted by molar-refractivity contribution is 5.71. The second kappa shape index (κ2) is 5.34. The Morgan fingerprint density at radius 3 is 2.35 bits per heavy atom. The summed E-state index contributed by atoms with van der Waals surface area (Å²) in [5, 5.41) is 8.18. The van der Waals surface area contributed by atoms with E-state index in [-0.39, 0.29) is 13.0 Å². The molecule has 3 nitrogen and oxygen atoms in total. The molecule has 0 unspecified atom stereocenters. The number of carbonyl (C=O) groups excluding carboxylic acids is 1. The second-order valence-electron chi connectivity index (χ2n) is 3.19. The van der Waals surface area contributed by atoms with Crippen LogP contribution in [0.4, 0.5) is 13.2 Å². The molecule has 0 aliphatic rings. The molecule has 1 aromatic carbocycles. The summed E-state index contributed by atoms with van der Waals surface area (Å²) in [5.41, 5.74) is -0.325. The summed E-state index contributed by atoms with van der Waals surface area (Å²) in [7, 11) is 0. The maximum atomic E-state index is 12.2. The molecular weight excluding hydrogens is 235 g/mol. The lowest BCUT2D eigenvalue weighted by molar-refractivity contribution is -0.144. The Kier molecular flexibility index (Phi) is 4.10. The quantitative estimate of drug-likeness (QED) is 0.767. The van der Waals surface area contributed by atoms with Crippen molar-refractivity contribution in [3.63, 3.8) is 0 Å². The van der Waals surface area contributed by atoms with Gasteiger partial charge in [-0.2, -0.15) is 18.4 Å². The zero-order valence-corrected chi connectivity index (χ0v) is 8.62. The lowest BCUT2D eigenvalue weighted by Gasteiger charge is -2.07. The van der Waals surface area contributed by atoms with Gasteiger partial charge in [0.2, 0.25) is 0 Å². The molecule has 0 aliphatic carbocycles. The van der Waals surface area contributed by atoms with Crippen LogP contribution in [-0.2, 0) is 22.3 Å². The predicted molar refractivity (Wildman–Crippen MR) is 51.5 cm³/mol. The van der Waals surface area contributed by atoms with Crippen LogP contribution < -0.4 is 0 Å². The average Bonchev–Trinajstić information content (AvgIpc) is 2.26. The van der Waals surface area contributed by atoms with Gasteiger partial charge in [0, 0.05) is 0 Å². The van der Waals surface area contributed by atoms with Crippen LogP contribution in [0.1, 0.15) is 17.5 Å². The van der Waals surface area contributed by atoms with E-state index in [4.69, 9.17) is 5.26 Å². The number of carbonyl (C=O) groups is 1. The van der Waals surface area contributed by atoms with Gasteiger partial charge in [0.25, 0.3) is 0 Å². The van der Waals surface area contributed by atoms with Crippen molar-refractivity contribution in [2.75, 3.05) is 0 Å². The Morgan fingerprint density at radius 2 is 1.88 bits per heavy atom. The van der Waals surface area contributed by atoms with Gasteiger partial charge in [-0.25, -0.2) is 0 Å². The van der Waals surface area contributed by atoms with Crippen molar-refractivity contribution in [1.29, 1.82) is 5.26 Å². The van der Waals surface area contributed by atoms with E-state index in [1.54, 1.807) is 6.07 Å². The normalized spacial score (nSPS) is 10.7. The van der Waals surface area contributed by atoms with Crippen LogP contribution in [0.15, 0.2) is 24.3 Å². The fourth-order valence-corrected chi connectivity index (χ4v) is 1.07. The minimum Gasteiger partial charge on any atom is -0.460 e. The number of esters is 1. The Bertz CT molecular complexity index is 432. The summed E-state index contributed by atoms with van der Waals surface area (Å²) in [6.45, 7) is -0.140. The zero-order valence-electron chi connectivity index (χ0n) is 8.62. The van der Waals surface area contributed by atoms with Crippen LogP contribution in [0.2, 0.25) is 0 Å². The van der Waals surface area contributed by atoms with Gasteiger partial charge in [0.15, 0.2) is 0 Å². The molecular formula is C11H8F3NO2. The van der Waals surface area contributed by atoms with E-state index in [9.17, 15) is 18.0 Å². The monoisotopic (exact) mass is 243 g/mol. The van der Waals surface area contributed by atoms with Crippen LogP contribution in [0.25, 0.3) is 0 Å². The van der Waals surface area contributed by atoms with E-state index in [0.29, 0.717) is 5.56 Å². The van der Waals surface area contributed by atoms with Crippen molar-refractivity contribution in [2.45, 2.75) is 19.2 Å². The van der Waals surface area contributed by atoms with Crippen molar-refractivity contribution in [3.8, 4) is 6.07 Å². The van der Waals surface area contributed by atoms with E-state index < -0.39 is 17.7 Å². The van der Waals surface area contributed by atoms with Crippen LogP contribution in [0.3, 0.4) is 0 Å². The highest BCUT2D eigenvalue weighted by Gasteiger charge is 2.29. The summed E-state index contributed by atoms with van der Waals surface area (Å²) >= 11 is 0. The minimum absolute atomic E-state index is 0.140. The Labute approximate surface area is 95.4 Å². The van der Waals surface area contributed by atoms with Gasteiger partial charge >= 0.3 is 12.1 Å². The average molecular weight is 243 g/mol. The fraction of sp³-hybridized carbons (Fsp3) is 0.273. The molecule has 1 aromatic rings. The number of ether oxygens (including phenoxy) is 1.